The van der Waals surface area contributed by atoms with Crippen molar-refractivity contribution in [1.82, 2.24) is 10.3 Å². The van der Waals surface area contributed by atoms with Crippen LogP contribution >= 0.6 is 11.3 Å². The van der Waals surface area contributed by atoms with Crippen LogP contribution in [0.1, 0.15) is 26.5 Å². The molecular weight excluding hydrogens is 248 g/mol. The summed E-state index contributed by atoms with van der Waals surface area (Å²) >= 11 is 1.42. The maximum Gasteiger partial charge on any atom is 0.263 e. The second-order valence-electron chi connectivity index (χ2n) is 4.81. The molecule has 1 aromatic heterocycles. The normalized spacial score (nSPS) is 11.8. The lowest BCUT2D eigenvalue weighted by atomic mass is 10.1. The van der Waals surface area contributed by atoms with Gasteiger partial charge in [-0.3, -0.25) is 4.79 Å². The van der Waals surface area contributed by atoms with Crippen molar-refractivity contribution in [2.75, 3.05) is 5.32 Å². The Bertz CT molecular complexity index is 505. The molecule has 18 heavy (non-hydrogen) atoms. The van der Waals surface area contributed by atoms with Gasteiger partial charge in [0, 0.05) is 17.1 Å². The summed E-state index contributed by atoms with van der Waals surface area (Å²) in [6.45, 7) is 7.45. The molecule has 0 aromatic carbocycles. The SMILES string of the molecule is Cc1csc(N/C=C(/C#N)C(=O)NC(C)(C)C)n1. The molecule has 96 valence electrons. The highest BCUT2D eigenvalue weighted by Gasteiger charge is 2.17. The molecular formula is C12H16N4OS. The number of carbonyl (C=O) groups excluding carboxylic acids is 1. The van der Waals surface area contributed by atoms with Gasteiger partial charge in [-0.15, -0.1) is 11.3 Å². The first-order chi connectivity index (χ1) is 8.31. The number of thiazole rings is 1. The van der Waals surface area contributed by atoms with E-state index in [0.717, 1.165) is 5.69 Å². The van der Waals surface area contributed by atoms with Crippen LogP contribution in [0, 0.1) is 18.3 Å². The number of carbonyl (C=O) groups is 1. The molecule has 1 amide bonds. The predicted octanol–water partition coefficient (Wildman–Crippen LogP) is 2.19. The van der Waals surface area contributed by atoms with E-state index in [4.69, 9.17) is 5.26 Å². The number of hydrogen-bond acceptors (Lipinski definition) is 5. The van der Waals surface area contributed by atoms with Crippen LogP contribution < -0.4 is 10.6 Å². The molecule has 0 aliphatic rings. The number of anilines is 1. The maximum absolute atomic E-state index is 11.8. The lowest BCUT2D eigenvalue weighted by Gasteiger charge is -2.19. The van der Waals surface area contributed by atoms with E-state index in [1.807, 2.05) is 39.1 Å². The molecule has 0 radical (unpaired) electrons. The lowest BCUT2D eigenvalue weighted by molar-refractivity contribution is -0.118. The summed E-state index contributed by atoms with van der Waals surface area (Å²) < 4.78 is 0. The predicted molar refractivity (Wildman–Crippen MR) is 72.1 cm³/mol. The Morgan fingerprint density at radius 3 is 2.67 bits per heavy atom. The molecule has 0 aliphatic heterocycles. The molecule has 1 aromatic rings. The number of nitriles is 1. The third-order valence-electron chi connectivity index (χ3n) is 1.81. The van der Waals surface area contributed by atoms with Crippen molar-refractivity contribution >= 4 is 22.4 Å². The van der Waals surface area contributed by atoms with Gasteiger partial charge in [0.15, 0.2) is 5.13 Å². The largest absolute Gasteiger partial charge is 0.347 e. The van der Waals surface area contributed by atoms with Crippen LogP contribution in [-0.2, 0) is 4.79 Å². The van der Waals surface area contributed by atoms with Gasteiger partial charge < -0.3 is 10.6 Å². The minimum Gasteiger partial charge on any atom is -0.347 e. The van der Waals surface area contributed by atoms with Crippen LogP contribution in [0.2, 0.25) is 0 Å². The van der Waals surface area contributed by atoms with E-state index in [9.17, 15) is 4.79 Å². The van der Waals surface area contributed by atoms with E-state index in [1.54, 1.807) is 0 Å². The minimum absolute atomic E-state index is 0.0257. The van der Waals surface area contributed by atoms with Gasteiger partial charge in [0.1, 0.15) is 11.6 Å². The number of rotatable bonds is 3. The molecule has 0 atom stereocenters. The van der Waals surface area contributed by atoms with Gasteiger partial charge in [-0.1, -0.05) is 0 Å². The monoisotopic (exact) mass is 264 g/mol. The Balaban J connectivity index is 2.72. The molecule has 2 N–H and O–H groups in total. The van der Waals surface area contributed by atoms with Gasteiger partial charge in [-0.2, -0.15) is 5.26 Å². The quantitative estimate of drug-likeness (QED) is 0.648. The fraction of sp³-hybridized carbons (Fsp3) is 0.417. The van der Waals surface area contributed by atoms with Gasteiger partial charge in [-0.25, -0.2) is 4.98 Å². The molecule has 0 spiro atoms. The van der Waals surface area contributed by atoms with Crippen molar-refractivity contribution in [3.63, 3.8) is 0 Å². The Morgan fingerprint density at radius 1 is 1.56 bits per heavy atom. The standard InChI is InChI=1S/C12H16N4OS/c1-8-7-18-11(15-8)14-6-9(5-13)10(17)16-12(2,3)4/h6-7H,1-4H3,(H,14,15)(H,16,17)/b9-6-. The fourth-order valence-corrected chi connectivity index (χ4v) is 1.77. The van der Waals surface area contributed by atoms with Crippen molar-refractivity contribution < 1.29 is 4.79 Å². The summed E-state index contributed by atoms with van der Waals surface area (Å²) in [6, 6.07) is 1.86. The van der Waals surface area contributed by atoms with Crippen LogP contribution in [0.4, 0.5) is 5.13 Å². The van der Waals surface area contributed by atoms with E-state index < -0.39 is 5.91 Å². The average Bonchev–Trinajstić information content (AvgIpc) is 2.62. The number of aromatic nitrogens is 1. The van der Waals surface area contributed by atoms with E-state index in [0.29, 0.717) is 5.13 Å². The van der Waals surface area contributed by atoms with E-state index in [2.05, 4.69) is 15.6 Å². The third-order valence-corrected chi connectivity index (χ3v) is 2.70. The fourth-order valence-electron chi connectivity index (χ4n) is 1.11. The summed E-state index contributed by atoms with van der Waals surface area (Å²) in [6.07, 6.45) is 1.37. The van der Waals surface area contributed by atoms with Gasteiger partial charge in [0.25, 0.3) is 5.91 Å². The van der Waals surface area contributed by atoms with Gasteiger partial charge in [0.05, 0.1) is 5.69 Å². The van der Waals surface area contributed by atoms with Crippen LogP contribution in [0.15, 0.2) is 17.2 Å². The highest BCUT2D eigenvalue weighted by atomic mass is 32.1. The Morgan fingerprint density at radius 2 is 2.22 bits per heavy atom. The maximum atomic E-state index is 11.8. The topological polar surface area (TPSA) is 77.8 Å². The molecule has 5 nitrogen and oxygen atoms in total. The Labute approximate surface area is 111 Å². The van der Waals surface area contributed by atoms with Gasteiger partial charge in [-0.05, 0) is 27.7 Å². The Kier molecular flexibility index (Phi) is 4.45. The van der Waals surface area contributed by atoms with Crippen molar-refractivity contribution in [3.05, 3.63) is 22.8 Å². The number of nitrogens with zero attached hydrogens (tertiary/aromatic N) is 2. The summed E-state index contributed by atoms with van der Waals surface area (Å²) in [5.74, 6) is -0.397. The number of aryl methyl sites for hydroxylation is 1. The molecule has 0 fully saturated rings. The van der Waals surface area contributed by atoms with Crippen LogP contribution in [0.25, 0.3) is 0 Å². The molecule has 6 heteroatoms. The smallest absolute Gasteiger partial charge is 0.263 e. The molecule has 0 bridgehead atoms. The average molecular weight is 264 g/mol. The van der Waals surface area contributed by atoms with Crippen molar-refractivity contribution in [2.24, 2.45) is 0 Å². The number of amides is 1. The van der Waals surface area contributed by atoms with Gasteiger partial charge in [0.2, 0.25) is 0 Å². The first kappa shape index (κ1) is 14.2. The summed E-state index contributed by atoms with van der Waals surface area (Å²) in [5.41, 5.74) is 0.552. The molecule has 0 saturated heterocycles. The second-order valence-corrected chi connectivity index (χ2v) is 5.67. The summed E-state index contributed by atoms with van der Waals surface area (Å²) in [4.78, 5) is 15.9. The highest BCUT2D eigenvalue weighted by molar-refractivity contribution is 7.13. The first-order valence-corrected chi connectivity index (χ1v) is 6.31. The van der Waals surface area contributed by atoms with E-state index in [1.165, 1.54) is 17.5 Å². The molecule has 0 unspecified atom stereocenters. The molecule has 0 saturated carbocycles. The molecule has 1 heterocycles. The minimum atomic E-state index is -0.397. The lowest BCUT2D eigenvalue weighted by Crippen LogP contribution is -2.41. The Hall–Kier alpha value is -1.87. The molecule has 1 rings (SSSR count). The summed E-state index contributed by atoms with van der Waals surface area (Å²) in [7, 11) is 0. The highest BCUT2D eigenvalue weighted by Crippen LogP contribution is 2.14. The van der Waals surface area contributed by atoms with Crippen LogP contribution in [-0.4, -0.2) is 16.4 Å². The first-order valence-electron chi connectivity index (χ1n) is 5.43. The van der Waals surface area contributed by atoms with Gasteiger partial charge >= 0.3 is 0 Å². The van der Waals surface area contributed by atoms with Crippen molar-refractivity contribution in [1.29, 1.82) is 5.26 Å². The zero-order chi connectivity index (χ0) is 13.8. The van der Waals surface area contributed by atoms with E-state index in [-0.39, 0.29) is 11.1 Å². The van der Waals surface area contributed by atoms with Crippen molar-refractivity contribution in [3.8, 4) is 6.07 Å². The zero-order valence-corrected chi connectivity index (χ0v) is 11.7. The van der Waals surface area contributed by atoms with Crippen molar-refractivity contribution in [2.45, 2.75) is 33.2 Å². The third kappa shape index (κ3) is 4.55. The summed E-state index contributed by atoms with van der Waals surface area (Å²) in [5, 5.41) is 17.1. The van der Waals surface area contributed by atoms with Crippen LogP contribution in [0.5, 0.6) is 0 Å². The zero-order valence-electron chi connectivity index (χ0n) is 10.9. The number of hydrogen-bond donors (Lipinski definition) is 2. The number of nitrogens with one attached hydrogen (secondary N) is 2. The molecule has 0 aliphatic carbocycles. The van der Waals surface area contributed by atoms with Crippen LogP contribution in [0.3, 0.4) is 0 Å². The van der Waals surface area contributed by atoms with E-state index >= 15 is 0 Å². The second kappa shape index (κ2) is 5.65.